The van der Waals surface area contributed by atoms with Crippen molar-refractivity contribution in [3.8, 4) is 5.69 Å². The predicted molar refractivity (Wildman–Crippen MR) is 508 cm³/mol. The van der Waals surface area contributed by atoms with Crippen LogP contribution in [-0.2, 0) is 49.1 Å². The molecule has 0 bridgehead atoms. The van der Waals surface area contributed by atoms with Gasteiger partial charge in [-0.3, -0.25) is 43.3 Å². The van der Waals surface area contributed by atoms with Gasteiger partial charge in [0.1, 0.15) is 29.0 Å². The molecule has 4 atom stereocenters. The van der Waals surface area contributed by atoms with Gasteiger partial charge in [-0.1, -0.05) is 150 Å². The standard InChI is InChI=1S/C23H19ClN4.C21H22BrClN2O4.C17H13BrClNO.C13H9BrClNO.C9H16O4.C8H16ClN2O3P.H2S/c1-14-11-20(16-3-6-19(24)7-4-16)21-12-17(18-9-10-25-13-18)5-8-22(21)28-15(2)26-27-23(14)28;1-12(24-20(28)29-21(2,3)4)19(27)25-17-10-7-14(22)11-16(17)18(26)13-5-8-15(23)9-6-13;1-10-16(21)8-12-2-5-13(18)9-15(12)17(20-10)11-3-6-14(19)7-4-11;14-9-3-6-12(16)11(7-9)13(17)8-1-4-10(15)5-2-8;1-6(8(11)12)5-7(10)13-9(2,3)4;9-15(12,10-1-5-13-6-2-10)11-3-7-14-8-4-11;/h3-9,11-14H,10H2,1-2H3;5-12H,1-4H3,(H,24,28)(H,25,27);2-7,9-10H,8H2,1H3;1-7H,16H2;6H,5H2,1-4H3,(H,11,12);1-8H2;1H2/p+1/t14-;12-;10-;;6-;;/m110.1../s1. The molecule has 0 unspecified atom stereocenters. The number of alkyl carbamates (subject to hydrolysis) is 1. The molecule has 2 saturated heterocycles. The van der Waals surface area contributed by atoms with E-state index in [2.05, 4.69) is 140 Å². The number of Topliss-reactive ketones (excluding diaryl/α,β-unsaturated/α-hetero) is 1. The molecule has 1 aromatic heterocycles. The van der Waals surface area contributed by atoms with Crippen molar-refractivity contribution in [2.24, 2.45) is 15.9 Å². The van der Waals surface area contributed by atoms with Crippen molar-refractivity contribution in [1.29, 1.82) is 0 Å². The predicted octanol–water partition coefficient (Wildman–Crippen LogP) is 20.8. The summed E-state index contributed by atoms with van der Waals surface area (Å²) >= 11 is 40.1. The summed E-state index contributed by atoms with van der Waals surface area (Å²) in [5.74, 6) is -0.667. The number of allylic oxidation sites excluding steroid dienone is 2. The summed E-state index contributed by atoms with van der Waals surface area (Å²) < 4.78 is 41.4. The first-order valence-electron chi connectivity index (χ1n) is 39.2. The van der Waals surface area contributed by atoms with Crippen LogP contribution in [0.3, 0.4) is 0 Å². The molecular weight excluding hydrogens is 1920 g/mol. The Morgan fingerprint density at radius 2 is 1.15 bits per heavy atom. The third kappa shape index (κ3) is 29.3. The molecule has 0 aliphatic carbocycles. The van der Waals surface area contributed by atoms with Crippen molar-refractivity contribution in [1.82, 2.24) is 24.9 Å². The summed E-state index contributed by atoms with van der Waals surface area (Å²) in [4.78, 5) is 92.1. The van der Waals surface area contributed by atoms with E-state index in [0.717, 1.165) is 65.8 Å². The summed E-state index contributed by atoms with van der Waals surface area (Å²) in [6, 6.07) is 50.4. The Hall–Kier alpha value is -8.48. The number of esters is 1. The van der Waals surface area contributed by atoms with E-state index >= 15 is 0 Å². The Kier molecular flexibility index (Phi) is 37.7. The van der Waals surface area contributed by atoms with Gasteiger partial charge in [0.2, 0.25) is 11.7 Å². The number of anilines is 2. The lowest BCUT2D eigenvalue weighted by Crippen LogP contribution is -2.44. The number of amides is 2. The van der Waals surface area contributed by atoms with Crippen molar-refractivity contribution >= 4 is 201 Å². The first-order valence-corrected chi connectivity index (χ1v) is 45.7. The number of hydrogen-bond acceptors (Lipinski definition) is 16. The third-order valence-corrected chi connectivity index (χ3v) is 25.0. The lowest BCUT2D eigenvalue weighted by atomic mass is 9.92. The normalized spacial score (nSPS) is 15.9. The van der Waals surface area contributed by atoms with Crippen molar-refractivity contribution < 1.29 is 66.7 Å². The molecule has 33 heteroatoms. The number of carbonyl (C=O) groups is 7. The zero-order valence-corrected chi connectivity index (χ0v) is 80.5. The van der Waals surface area contributed by atoms with Crippen molar-refractivity contribution in [2.45, 2.75) is 118 Å². The highest BCUT2D eigenvalue weighted by Gasteiger charge is 2.38. The molecule has 23 nitrogen and oxygen atoms in total. The number of ether oxygens (including phenoxy) is 4. The number of nitrogens with zero attached hydrogens (tertiary/aromatic N) is 6. The number of halogens is 8. The van der Waals surface area contributed by atoms with Crippen molar-refractivity contribution in [3.63, 3.8) is 0 Å². The molecule has 0 radical (unpaired) electrons. The SMILES string of the molecule is C[C@@H](NC(=O)OC(C)(C)C)C(=O)Nc1ccc(Br)cc1C(=O)c1ccc(Cl)cc1.C[C@@H]1N=C(c2ccc(Cl)cc2)c2cc(Br)ccc2CC1=O.C[C@H](CC(=O)OC(C)(C)C)C(=O)O.Cc1[nH]nc2[n+]1-c1ccc(C3=CCN=C3)cc1C(c1ccc(Cl)cc1)=C[C@H]2C.Nc1ccc(Br)cc1C(=O)c1ccc(Cl)cc1.O=P(Cl)(N1CCOCC1)N1CCOCC1.S. The van der Waals surface area contributed by atoms with Gasteiger partial charge in [0.25, 0.3) is 5.82 Å². The minimum Gasteiger partial charge on any atom is -0.481 e. The van der Waals surface area contributed by atoms with Gasteiger partial charge in [-0.2, -0.15) is 18.1 Å². The number of benzene rings is 8. The number of aromatic amines is 1. The highest BCUT2D eigenvalue weighted by molar-refractivity contribution is 9.11. The number of aliphatic carboxylic acids is 1. The van der Waals surface area contributed by atoms with E-state index in [9.17, 15) is 38.1 Å². The zero-order valence-electron chi connectivity index (χ0n) is 70.1. The molecule has 2 fully saturated rings. The fourth-order valence-electron chi connectivity index (χ4n) is 12.8. The smallest absolute Gasteiger partial charge is 0.408 e. The summed E-state index contributed by atoms with van der Waals surface area (Å²) in [6.45, 7) is 22.5. The van der Waals surface area contributed by atoms with Crippen LogP contribution < -0.4 is 20.9 Å². The number of aryl methyl sites for hydroxylation is 1. The van der Waals surface area contributed by atoms with Gasteiger partial charge in [-0.15, -0.1) is 5.10 Å². The first-order chi connectivity index (χ1) is 58.1. The average molecular weight is 2020 g/mol. The second kappa shape index (κ2) is 46.3. The number of hydrogen-bond donors (Lipinski definition) is 5. The second-order valence-electron chi connectivity index (χ2n) is 31.0. The number of nitrogens with one attached hydrogen (secondary N) is 3. The first kappa shape index (κ1) is 101. The number of carbonyl (C=O) groups excluding carboxylic acids is 6. The molecule has 5 aliphatic heterocycles. The van der Waals surface area contributed by atoms with Crippen LogP contribution in [-0.4, -0.2) is 160 Å². The molecule has 9 aromatic rings. The largest absolute Gasteiger partial charge is 0.481 e. The van der Waals surface area contributed by atoms with Gasteiger partial charge in [-0.25, -0.2) is 14.1 Å². The van der Waals surface area contributed by atoms with Gasteiger partial charge in [-0.05, 0) is 235 Å². The number of aliphatic imine (C=N–C) groups is 2. The van der Waals surface area contributed by atoms with Crippen LogP contribution in [0.5, 0.6) is 0 Å². The van der Waals surface area contributed by atoms with E-state index in [4.69, 9.17) is 87.4 Å². The number of fused-ring (bicyclic) bond motifs is 4. The average Bonchev–Trinajstić information content (AvgIpc) is 1.60. The highest BCUT2D eigenvalue weighted by atomic mass is 79.9. The molecule has 5 aliphatic rings. The number of ketones is 3. The van der Waals surface area contributed by atoms with E-state index < -0.39 is 53.9 Å². The van der Waals surface area contributed by atoms with Crippen LogP contribution in [0.1, 0.15) is 158 Å². The number of aromatic nitrogens is 3. The number of morpholine rings is 2. The molecule has 8 aromatic carbocycles. The van der Waals surface area contributed by atoms with Gasteiger partial charge < -0.3 is 40.4 Å². The van der Waals surface area contributed by atoms with Gasteiger partial charge in [0.05, 0.1) is 62.6 Å². The number of nitrogens with two attached hydrogens (primary N) is 1. The lowest BCUT2D eigenvalue weighted by molar-refractivity contribution is -0.611. The van der Waals surface area contributed by atoms with E-state index in [0.29, 0.717) is 112 Å². The maximum atomic E-state index is 12.9. The van der Waals surface area contributed by atoms with E-state index in [1.807, 2.05) is 77.1 Å². The number of nitrogen functional groups attached to an aromatic ring is 1. The van der Waals surface area contributed by atoms with Crippen LogP contribution in [0.2, 0.25) is 20.1 Å². The maximum Gasteiger partial charge on any atom is 0.408 e. The molecule has 0 spiro atoms. The van der Waals surface area contributed by atoms with Crippen LogP contribution in [0.4, 0.5) is 16.2 Å². The van der Waals surface area contributed by atoms with E-state index in [-0.39, 0.29) is 49.2 Å². The number of H-pyrrole nitrogens is 1. The van der Waals surface area contributed by atoms with Crippen LogP contribution >= 0.6 is 126 Å². The third-order valence-electron chi connectivity index (χ3n) is 19.1. The summed E-state index contributed by atoms with van der Waals surface area (Å²) in [5.41, 5.74) is 18.0. The molecule has 2 amide bonds. The molecule has 6 N–H and O–H groups in total. The number of carboxylic acid groups (broad SMARTS) is 1. The zero-order chi connectivity index (χ0) is 89.8. The maximum absolute atomic E-state index is 12.9. The van der Waals surface area contributed by atoms with Gasteiger partial charge in [0, 0.05) is 129 Å². The molecular formula is C91H98Br3Cl5N10O13PS+. The minimum absolute atomic E-state index is 0. The van der Waals surface area contributed by atoms with Crippen molar-refractivity contribution in [2.75, 3.05) is 70.2 Å². The Balaban J connectivity index is 0.000000189. The van der Waals surface area contributed by atoms with Crippen LogP contribution in [0.15, 0.2) is 205 Å². The van der Waals surface area contributed by atoms with E-state index in [1.165, 1.54) is 36.1 Å². The molecule has 124 heavy (non-hydrogen) atoms. The monoisotopic (exact) mass is 2010 g/mol. The number of carboxylic acids is 1. The fourth-order valence-corrected chi connectivity index (χ4v) is 16.9. The summed E-state index contributed by atoms with van der Waals surface area (Å²) in [5, 5.41) is 24.0. The molecule has 6 heterocycles. The lowest BCUT2D eigenvalue weighted by Gasteiger charge is -2.38. The Morgan fingerprint density at radius 3 is 1.68 bits per heavy atom. The molecule has 14 rings (SSSR count). The summed E-state index contributed by atoms with van der Waals surface area (Å²) in [7, 11) is 0. The summed E-state index contributed by atoms with van der Waals surface area (Å²) in [6.07, 6.45) is 6.05. The van der Waals surface area contributed by atoms with Gasteiger partial charge >= 0.3 is 24.8 Å². The number of rotatable bonds is 15. The fraction of sp³-hybridized carbons (Fsp3) is 0.308. The quantitative estimate of drug-likeness (QED) is 0.0209. The Bertz CT molecular complexity index is 5480. The Morgan fingerprint density at radius 1 is 0.661 bits per heavy atom. The van der Waals surface area contributed by atoms with Crippen LogP contribution in [0.25, 0.3) is 16.8 Å². The van der Waals surface area contributed by atoms with E-state index in [1.54, 1.807) is 126 Å². The van der Waals surface area contributed by atoms with Crippen molar-refractivity contribution in [3.05, 3.63) is 283 Å². The minimum atomic E-state index is -2.86. The second-order valence-corrected chi connectivity index (χ2v) is 38.8. The van der Waals surface area contributed by atoms with Crippen LogP contribution in [0, 0.1) is 12.8 Å². The van der Waals surface area contributed by atoms with Gasteiger partial charge in [0.15, 0.2) is 17.3 Å². The Labute approximate surface area is 779 Å². The highest BCUT2D eigenvalue weighted by Crippen LogP contribution is 2.58. The molecule has 656 valence electrons. The topological polar surface area (TPSA) is 308 Å². The molecule has 0 saturated carbocycles.